The number of rotatable bonds is 21. The predicted octanol–water partition coefficient (Wildman–Crippen LogP) is 9.62. The first-order valence-corrected chi connectivity index (χ1v) is 13.0. The molecule has 1 aliphatic rings. The van der Waals surface area contributed by atoms with E-state index in [1.807, 2.05) is 0 Å². The zero-order chi connectivity index (χ0) is 19.7. The van der Waals surface area contributed by atoms with Gasteiger partial charge in [0, 0.05) is 0 Å². The second-order valence-corrected chi connectivity index (χ2v) is 8.68. The Morgan fingerprint density at radius 2 is 0.481 bits per heavy atom. The van der Waals surface area contributed by atoms with Gasteiger partial charge in [0.05, 0.1) is 13.2 Å². The second-order valence-electron chi connectivity index (χ2n) is 8.68. The molecule has 0 N–H and O–H groups in total. The highest BCUT2D eigenvalue weighted by Gasteiger charge is 1.95. The van der Waals surface area contributed by atoms with E-state index >= 15 is 0 Å². The maximum atomic E-state index is 4.50. The first-order chi connectivity index (χ1) is 13.4. The summed E-state index contributed by atoms with van der Waals surface area (Å²) in [4.78, 5) is 0. The minimum Gasteiger partial charge on any atom is -0.377 e. The third-order valence-corrected chi connectivity index (χ3v) is 5.66. The molecule has 0 aromatic rings. The molecule has 0 atom stereocenters. The van der Waals surface area contributed by atoms with Gasteiger partial charge in [-0.2, -0.15) is 0 Å². The largest absolute Gasteiger partial charge is 0.377 e. The van der Waals surface area contributed by atoms with E-state index in [-0.39, 0.29) is 0 Å². The summed E-state index contributed by atoms with van der Waals surface area (Å²) < 4.78 is 4.50. The lowest BCUT2D eigenvalue weighted by molar-refractivity contribution is 0.475. The van der Waals surface area contributed by atoms with E-state index < -0.39 is 0 Å². The lowest BCUT2D eigenvalue weighted by atomic mass is 10.0. The van der Waals surface area contributed by atoms with Gasteiger partial charge in [0.15, 0.2) is 0 Å². The zero-order valence-corrected chi connectivity index (χ0v) is 19.4. The SMILES string of the molecule is C1CO1.CCCCCCCCCCCCCCCCCCCCCCCC. The molecule has 1 saturated heterocycles. The standard InChI is InChI=1S/C24H50.C2H4O/c1-3-5-7-9-11-13-15-17-19-21-23-24-22-20-18-16-14-12-10-8-6-4-2;1-2-3-1/h3-24H2,1-2H3;1-2H2. The van der Waals surface area contributed by atoms with Crippen molar-refractivity contribution in [3.05, 3.63) is 0 Å². The van der Waals surface area contributed by atoms with Gasteiger partial charge in [-0.25, -0.2) is 0 Å². The summed E-state index contributed by atoms with van der Waals surface area (Å²) in [6, 6.07) is 0. The molecule has 0 amide bonds. The smallest absolute Gasteiger partial charge is 0.0701 e. The average Bonchev–Trinajstić information content (AvgIpc) is 3.56. The molecule has 0 unspecified atom stereocenters. The van der Waals surface area contributed by atoms with Crippen LogP contribution >= 0.6 is 0 Å². The van der Waals surface area contributed by atoms with E-state index in [0.29, 0.717) is 0 Å². The van der Waals surface area contributed by atoms with Gasteiger partial charge >= 0.3 is 0 Å². The highest BCUT2D eigenvalue weighted by Crippen LogP contribution is 2.15. The van der Waals surface area contributed by atoms with Crippen LogP contribution < -0.4 is 0 Å². The van der Waals surface area contributed by atoms with Gasteiger partial charge in [-0.05, 0) is 0 Å². The van der Waals surface area contributed by atoms with Gasteiger partial charge in [0.1, 0.15) is 0 Å². The molecule has 1 heteroatoms. The Balaban J connectivity index is 0.00000203. The highest BCUT2D eigenvalue weighted by atomic mass is 16.6. The van der Waals surface area contributed by atoms with Crippen molar-refractivity contribution in [1.29, 1.82) is 0 Å². The summed E-state index contributed by atoms with van der Waals surface area (Å²) in [5.74, 6) is 0. The van der Waals surface area contributed by atoms with Gasteiger partial charge in [0.2, 0.25) is 0 Å². The van der Waals surface area contributed by atoms with Crippen LogP contribution in [0.5, 0.6) is 0 Å². The number of hydrogen-bond acceptors (Lipinski definition) is 1. The Morgan fingerprint density at radius 3 is 0.593 bits per heavy atom. The van der Waals surface area contributed by atoms with Crippen molar-refractivity contribution in [2.24, 2.45) is 0 Å². The number of hydrogen-bond donors (Lipinski definition) is 0. The van der Waals surface area contributed by atoms with Crippen molar-refractivity contribution in [2.75, 3.05) is 13.2 Å². The van der Waals surface area contributed by atoms with Crippen molar-refractivity contribution in [3.8, 4) is 0 Å². The molecule has 0 aromatic carbocycles. The van der Waals surface area contributed by atoms with Gasteiger partial charge in [0.25, 0.3) is 0 Å². The average molecular weight is 383 g/mol. The van der Waals surface area contributed by atoms with E-state index in [4.69, 9.17) is 0 Å². The molecule has 0 spiro atoms. The fourth-order valence-corrected chi connectivity index (χ4v) is 3.68. The fourth-order valence-electron chi connectivity index (χ4n) is 3.68. The molecule has 0 radical (unpaired) electrons. The van der Waals surface area contributed by atoms with Crippen molar-refractivity contribution in [1.82, 2.24) is 0 Å². The van der Waals surface area contributed by atoms with Gasteiger partial charge in [-0.1, -0.05) is 155 Å². The van der Waals surface area contributed by atoms with Crippen molar-refractivity contribution in [2.45, 2.75) is 155 Å². The molecule has 1 fully saturated rings. The summed E-state index contributed by atoms with van der Waals surface area (Å²) in [6.45, 7) is 6.60. The first kappa shape index (κ1) is 27.0. The molecule has 164 valence electrons. The molecule has 0 saturated carbocycles. The fraction of sp³-hybridized carbons (Fsp3) is 1.00. The van der Waals surface area contributed by atoms with Crippen LogP contribution in [0.15, 0.2) is 0 Å². The maximum Gasteiger partial charge on any atom is 0.0701 e. The molecular weight excluding hydrogens is 328 g/mol. The molecule has 0 aromatic heterocycles. The molecule has 1 heterocycles. The summed E-state index contributed by atoms with van der Waals surface area (Å²) >= 11 is 0. The van der Waals surface area contributed by atoms with E-state index in [1.165, 1.54) is 141 Å². The molecule has 1 rings (SSSR count). The van der Waals surface area contributed by atoms with Crippen LogP contribution in [-0.2, 0) is 4.74 Å². The molecule has 1 aliphatic heterocycles. The first-order valence-electron chi connectivity index (χ1n) is 13.0. The second kappa shape index (κ2) is 26.0. The van der Waals surface area contributed by atoms with Crippen LogP contribution in [-0.4, -0.2) is 13.2 Å². The van der Waals surface area contributed by atoms with E-state index in [0.717, 1.165) is 13.2 Å². The Morgan fingerprint density at radius 1 is 0.333 bits per heavy atom. The van der Waals surface area contributed by atoms with Crippen LogP contribution in [0, 0.1) is 0 Å². The lowest BCUT2D eigenvalue weighted by Crippen LogP contribution is -1.84. The highest BCUT2D eigenvalue weighted by molar-refractivity contribution is 4.51. The lowest BCUT2D eigenvalue weighted by Gasteiger charge is -2.04. The van der Waals surface area contributed by atoms with Crippen LogP contribution in [0.1, 0.15) is 155 Å². The molecule has 1 nitrogen and oxygen atoms in total. The Labute approximate surface area is 173 Å². The number of ether oxygens (including phenoxy) is 1. The monoisotopic (exact) mass is 382 g/mol. The van der Waals surface area contributed by atoms with Crippen LogP contribution in [0.4, 0.5) is 0 Å². The van der Waals surface area contributed by atoms with Crippen LogP contribution in [0.2, 0.25) is 0 Å². The summed E-state index contributed by atoms with van der Waals surface area (Å²) in [7, 11) is 0. The molecule has 27 heavy (non-hydrogen) atoms. The zero-order valence-electron chi connectivity index (χ0n) is 19.4. The Kier molecular flexibility index (Phi) is 25.9. The molecule has 0 aliphatic carbocycles. The van der Waals surface area contributed by atoms with Gasteiger partial charge < -0.3 is 4.74 Å². The van der Waals surface area contributed by atoms with E-state index in [1.54, 1.807) is 0 Å². The Hall–Kier alpha value is -0.0400. The van der Waals surface area contributed by atoms with E-state index in [9.17, 15) is 0 Å². The molecular formula is C26H54O. The maximum absolute atomic E-state index is 4.50. The minimum absolute atomic E-state index is 1.00. The van der Waals surface area contributed by atoms with Gasteiger partial charge in [-0.3, -0.25) is 0 Å². The van der Waals surface area contributed by atoms with Crippen LogP contribution in [0.25, 0.3) is 0 Å². The minimum atomic E-state index is 1.00. The third kappa shape index (κ3) is 30.9. The predicted molar refractivity (Wildman–Crippen MR) is 124 cm³/mol. The summed E-state index contributed by atoms with van der Waals surface area (Å²) in [5, 5.41) is 0. The third-order valence-electron chi connectivity index (χ3n) is 5.66. The summed E-state index contributed by atoms with van der Waals surface area (Å²) in [6.07, 6.45) is 32.4. The van der Waals surface area contributed by atoms with Crippen LogP contribution in [0.3, 0.4) is 0 Å². The molecule has 0 bridgehead atoms. The summed E-state index contributed by atoms with van der Waals surface area (Å²) in [5.41, 5.74) is 0. The number of unbranched alkanes of at least 4 members (excludes halogenated alkanes) is 21. The Bertz CT molecular complexity index is 212. The number of epoxide rings is 1. The van der Waals surface area contributed by atoms with Gasteiger partial charge in [-0.15, -0.1) is 0 Å². The van der Waals surface area contributed by atoms with E-state index in [2.05, 4.69) is 18.6 Å². The quantitative estimate of drug-likeness (QED) is 0.142. The van der Waals surface area contributed by atoms with Crippen molar-refractivity contribution >= 4 is 0 Å². The normalized spacial score (nSPS) is 12.7. The van der Waals surface area contributed by atoms with Crippen molar-refractivity contribution < 1.29 is 4.74 Å². The topological polar surface area (TPSA) is 12.5 Å². The van der Waals surface area contributed by atoms with Crippen molar-refractivity contribution in [3.63, 3.8) is 0 Å².